The normalized spacial score (nSPS) is 11.9. The average Bonchev–Trinajstić information content (AvgIpc) is 2.48. The number of nitrogens with one attached hydrogen (secondary N) is 1. The van der Waals surface area contributed by atoms with Crippen LogP contribution in [-0.2, 0) is 20.9 Å². The molecule has 124 valence electrons. The molecule has 0 aliphatic rings. The van der Waals surface area contributed by atoms with Gasteiger partial charge in [0.25, 0.3) is 0 Å². The van der Waals surface area contributed by atoms with E-state index in [4.69, 9.17) is 14.7 Å². The van der Waals surface area contributed by atoms with Gasteiger partial charge >= 0.3 is 12.1 Å². The molecule has 0 saturated heterocycles. The standard InChI is InChI=1S/C17H22N2O4/c1-17(2,3)23-15(20)10-9-14(11-18)19-16(21)22-12-13-7-5-4-6-8-13/h4-8,14H,9-10,12H2,1-3H3,(H,19,21)/t14-/m1/s1. The Morgan fingerprint density at radius 1 is 1.26 bits per heavy atom. The van der Waals surface area contributed by atoms with Gasteiger partial charge in [-0.3, -0.25) is 4.79 Å². The third-order valence-corrected chi connectivity index (χ3v) is 2.72. The highest BCUT2D eigenvalue weighted by Gasteiger charge is 2.19. The number of ether oxygens (including phenoxy) is 2. The molecule has 23 heavy (non-hydrogen) atoms. The predicted octanol–water partition coefficient (Wildman–Crippen LogP) is 2.93. The molecule has 0 aliphatic heterocycles. The van der Waals surface area contributed by atoms with E-state index in [2.05, 4.69) is 5.32 Å². The number of carbonyl (C=O) groups excluding carboxylic acids is 2. The lowest BCUT2D eigenvalue weighted by Crippen LogP contribution is -2.35. The van der Waals surface area contributed by atoms with Crippen LogP contribution in [0.15, 0.2) is 30.3 Å². The highest BCUT2D eigenvalue weighted by Crippen LogP contribution is 2.10. The SMILES string of the molecule is CC(C)(C)OC(=O)CC[C@H](C#N)NC(=O)OCc1ccccc1. The Kier molecular flexibility index (Phi) is 7.07. The van der Waals surface area contributed by atoms with Crippen molar-refractivity contribution >= 4 is 12.1 Å². The van der Waals surface area contributed by atoms with Crippen LogP contribution in [0.25, 0.3) is 0 Å². The summed E-state index contributed by atoms with van der Waals surface area (Å²) in [6.07, 6.45) is -0.468. The Balaban J connectivity index is 2.34. The first-order valence-corrected chi connectivity index (χ1v) is 7.39. The van der Waals surface area contributed by atoms with Crippen molar-refractivity contribution in [2.45, 2.75) is 51.9 Å². The number of amides is 1. The molecule has 0 radical (unpaired) electrons. The van der Waals surface area contributed by atoms with Gasteiger partial charge in [-0.15, -0.1) is 0 Å². The maximum Gasteiger partial charge on any atom is 0.408 e. The first kappa shape index (κ1) is 18.5. The number of hydrogen-bond donors (Lipinski definition) is 1. The highest BCUT2D eigenvalue weighted by atomic mass is 16.6. The van der Waals surface area contributed by atoms with Crippen molar-refractivity contribution in [2.75, 3.05) is 0 Å². The summed E-state index contributed by atoms with van der Waals surface area (Å²) in [6.45, 7) is 5.43. The number of esters is 1. The monoisotopic (exact) mass is 318 g/mol. The fourth-order valence-corrected chi connectivity index (χ4v) is 1.73. The van der Waals surface area contributed by atoms with Crippen LogP contribution < -0.4 is 5.32 Å². The smallest absolute Gasteiger partial charge is 0.408 e. The molecule has 6 nitrogen and oxygen atoms in total. The van der Waals surface area contributed by atoms with E-state index in [1.165, 1.54) is 0 Å². The summed E-state index contributed by atoms with van der Waals surface area (Å²) in [6, 6.07) is 10.3. The Labute approximate surface area is 136 Å². The summed E-state index contributed by atoms with van der Waals surface area (Å²) in [7, 11) is 0. The maximum absolute atomic E-state index is 11.7. The molecule has 0 aliphatic carbocycles. The molecule has 0 unspecified atom stereocenters. The number of carbonyl (C=O) groups is 2. The van der Waals surface area contributed by atoms with E-state index >= 15 is 0 Å². The van der Waals surface area contributed by atoms with Crippen LogP contribution >= 0.6 is 0 Å². The first-order valence-electron chi connectivity index (χ1n) is 7.39. The number of alkyl carbamates (subject to hydrolysis) is 1. The van der Waals surface area contributed by atoms with E-state index in [1.54, 1.807) is 20.8 Å². The number of nitriles is 1. The third kappa shape index (κ3) is 8.47. The van der Waals surface area contributed by atoms with Crippen molar-refractivity contribution in [3.63, 3.8) is 0 Å². The lowest BCUT2D eigenvalue weighted by Gasteiger charge is -2.20. The zero-order valence-electron chi connectivity index (χ0n) is 13.7. The molecule has 1 rings (SSSR count). The maximum atomic E-state index is 11.7. The van der Waals surface area contributed by atoms with Gasteiger partial charge in [0, 0.05) is 6.42 Å². The van der Waals surface area contributed by atoms with Crippen LogP contribution in [-0.4, -0.2) is 23.7 Å². The minimum absolute atomic E-state index is 0.0501. The van der Waals surface area contributed by atoms with Gasteiger partial charge in [0.05, 0.1) is 6.07 Å². The lowest BCUT2D eigenvalue weighted by atomic mass is 10.1. The highest BCUT2D eigenvalue weighted by molar-refractivity contribution is 5.71. The zero-order valence-corrected chi connectivity index (χ0v) is 13.7. The van der Waals surface area contributed by atoms with Crippen LogP contribution in [0.4, 0.5) is 4.79 Å². The number of rotatable bonds is 6. The minimum Gasteiger partial charge on any atom is -0.460 e. The predicted molar refractivity (Wildman–Crippen MR) is 84.2 cm³/mol. The van der Waals surface area contributed by atoms with Crippen molar-refractivity contribution in [2.24, 2.45) is 0 Å². The average molecular weight is 318 g/mol. The van der Waals surface area contributed by atoms with Gasteiger partial charge < -0.3 is 14.8 Å². The second-order valence-electron chi connectivity index (χ2n) is 6.01. The molecule has 1 atom stereocenters. The third-order valence-electron chi connectivity index (χ3n) is 2.72. The Morgan fingerprint density at radius 2 is 1.91 bits per heavy atom. The Hall–Kier alpha value is -2.55. The van der Waals surface area contributed by atoms with Crippen molar-refractivity contribution in [1.29, 1.82) is 5.26 Å². The van der Waals surface area contributed by atoms with E-state index in [0.717, 1.165) is 5.56 Å². The topological polar surface area (TPSA) is 88.4 Å². The fraction of sp³-hybridized carbons (Fsp3) is 0.471. The van der Waals surface area contributed by atoms with Gasteiger partial charge in [0.1, 0.15) is 18.2 Å². The second-order valence-corrected chi connectivity index (χ2v) is 6.01. The van der Waals surface area contributed by atoms with Crippen molar-refractivity contribution < 1.29 is 19.1 Å². The summed E-state index contributed by atoms with van der Waals surface area (Å²) in [4.78, 5) is 23.3. The summed E-state index contributed by atoms with van der Waals surface area (Å²) >= 11 is 0. The largest absolute Gasteiger partial charge is 0.460 e. The molecule has 0 fully saturated rings. The zero-order chi connectivity index (χ0) is 17.3. The lowest BCUT2D eigenvalue weighted by molar-refractivity contribution is -0.155. The van der Waals surface area contributed by atoms with Crippen molar-refractivity contribution in [3.05, 3.63) is 35.9 Å². The molecule has 0 aromatic heterocycles. The molecule has 1 aromatic carbocycles. The molecule has 0 spiro atoms. The molecule has 0 heterocycles. The van der Waals surface area contributed by atoms with E-state index in [1.807, 2.05) is 36.4 Å². The minimum atomic E-state index is -0.800. The quantitative estimate of drug-likeness (QED) is 0.815. The molecule has 6 heteroatoms. The van der Waals surface area contributed by atoms with Crippen LogP contribution in [0.3, 0.4) is 0 Å². The summed E-state index contributed by atoms with van der Waals surface area (Å²) in [5.41, 5.74) is 0.284. The number of hydrogen-bond acceptors (Lipinski definition) is 5. The summed E-state index contributed by atoms with van der Waals surface area (Å²) in [5, 5.41) is 11.5. The van der Waals surface area contributed by atoms with E-state index in [-0.39, 0.29) is 19.4 Å². The molecule has 1 amide bonds. The number of benzene rings is 1. The summed E-state index contributed by atoms with van der Waals surface area (Å²) in [5.74, 6) is -0.405. The van der Waals surface area contributed by atoms with Gasteiger partial charge in [-0.1, -0.05) is 30.3 Å². The van der Waals surface area contributed by atoms with Gasteiger partial charge in [-0.2, -0.15) is 5.26 Å². The molecule has 1 aromatic rings. The Morgan fingerprint density at radius 3 is 2.48 bits per heavy atom. The van der Waals surface area contributed by atoms with Gasteiger partial charge in [-0.05, 0) is 32.8 Å². The van der Waals surface area contributed by atoms with E-state index in [0.29, 0.717) is 0 Å². The molecule has 0 saturated carbocycles. The van der Waals surface area contributed by atoms with Crippen molar-refractivity contribution in [1.82, 2.24) is 5.32 Å². The first-order chi connectivity index (χ1) is 10.8. The van der Waals surface area contributed by atoms with Gasteiger partial charge in [0.15, 0.2) is 0 Å². The van der Waals surface area contributed by atoms with E-state index < -0.39 is 23.7 Å². The molecule has 1 N–H and O–H groups in total. The molecular formula is C17H22N2O4. The van der Waals surface area contributed by atoms with Crippen LogP contribution in [0.1, 0.15) is 39.2 Å². The van der Waals surface area contributed by atoms with Crippen LogP contribution in [0.2, 0.25) is 0 Å². The molecular weight excluding hydrogens is 296 g/mol. The van der Waals surface area contributed by atoms with E-state index in [9.17, 15) is 9.59 Å². The van der Waals surface area contributed by atoms with Crippen molar-refractivity contribution in [3.8, 4) is 6.07 Å². The van der Waals surface area contributed by atoms with Crippen LogP contribution in [0.5, 0.6) is 0 Å². The van der Waals surface area contributed by atoms with Gasteiger partial charge in [-0.25, -0.2) is 4.79 Å². The summed E-state index contributed by atoms with van der Waals surface area (Å²) < 4.78 is 10.2. The fourth-order valence-electron chi connectivity index (χ4n) is 1.73. The Bertz CT molecular complexity index is 558. The van der Waals surface area contributed by atoms with Gasteiger partial charge in [0.2, 0.25) is 0 Å². The second kappa shape index (κ2) is 8.79. The van der Waals surface area contributed by atoms with Crippen LogP contribution in [0, 0.1) is 11.3 Å². The molecule has 0 bridgehead atoms. The number of nitrogens with zero attached hydrogens (tertiary/aromatic N) is 1.